The number of nitrogens with one attached hydrogen (secondary N) is 1. The first-order valence-electron chi connectivity index (χ1n) is 9.03. The van der Waals surface area contributed by atoms with Gasteiger partial charge >= 0.3 is 5.97 Å². The van der Waals surface area contributed by atoms with Gasteiger partial charge in [0, 0.05) is 22.3 Å². The first-order valence-corrected chi connectivity index (χ1v) is 9.84. The van der Waals surface area contributed by atoms with Gasteiger partial charge in [-0.05, 0) is 60.7 Å². The minimum atomic E-state index is -1.12. The first kappa shape index (κ1) is 19.5. The van der Waals surface area contributed by atoms with E-state index in [1.54, 1.807) is 48.7 Å². The van der Waals surface area contributed by atoms with Crippen LogP contribution in [0.25, 0.3) is 11.3 Å². The van der Waals surface area contributed by atoms with Gasteiger partial charge in [0.15, 0.2) is 0 Å². The Morgan fingerprint density at radius 3 is 2.37 bits per heavy atom. The molecule has 1 amide bonds. The zero-order valence-corrected chi connectivity index (χ0v) is 16.4. The fraction of sp³-hybridized carbons (Fsp3) is 0. The Hall–Kier alpha value is -3.84. The van der Waals surface area contributed by atoms with E-state index in [2.05, 4.69) is 10.3 Å². The average molecular weight is 416 g/mol. The van der Waals surface area contributed by atoms with Gasteiger partial charge in [-0.3, -0.25) is 4.79 Å². The lowest BCUT2D eigenvalue weighted by atomic mass is 10.1. The Labute approximate surface area is 176 Å². The number of pyridine rings is 1. The SMILES string of the molecule is O=C(O)c1ccc(-c2ccc(NC(=O)c3cccnc3Sc3ccccc3)cc2)o1. The van der Waals surface area contributed by atoms with E-state index in [1.165, 1.54) is 17.8 Å². The number of carbonyl (C=O) groups excluding carboxylic acids is 1. The van der Waals surface area contributed by atoms with Crippen molar-refractivity contribution in [1.29, 1.82) is 0 Å². The molecule has 0 bridgehead atoms. The van der Waals surface area contributed by atoms with Crippen LogP contribution in [-0.2, 0) is 0 Å². The zero-order chi connectivity index (χ0) is 20.9. The van der Waals surface area contributed by atoms with Crippen LogP contribution < -0.4 is 5.32 Å². The molecule has 0 saturated heterocycles. The molecular formula is C23H16N2O4S. The highest BCUT2D eigenvalue weighted by atomic mass is 32.2. The van der Waals surface area contributed by atoms with Crippen molar-refractivity contribution in [2.45, 2.75) is 9.92 Å². The summed E-state index contributed by atoms with van der Waals surface area (Å²) in [5.74, 6) is -1.06. The fourth-order valence-electron chi connectivity index (χ4n) is 2.77. The summed E-state index contributed by atoms with van der Waals surface area (Å²) in [6.07, 6.45) is 1.66. The number of carboxylic acid groups (broad SMARTS) is 1. The van der Waals surface area contributed by atoms with Gasteiger partial charge in [-0.1, -0.05) is 30.0 Å². The Balaban J connectivity index is 1.49. The maximum absolute atomic E-state index is 12.8. The van der Waals surface area contributed by atoms with E-state index in [9.17, 15) is 9.59 Å². The predicted octanol–water partition coefficient (Wildman–Crippen LogP) is 5.44. The number of furan rings is 1. The van der Waals surface area contributed by atoms with E-state index in [-0.39, 0.29) is 11.7 Å². The molecule has 6 nitrogen and oxygen atoms in total. The van der Waals surface area contributed by atoms with Crippen LogP contribution in [0.1, 0.15) is 20.9 Å². The van der Waals surface area contributed by atoms with Gasteiger partial charge < -0.3 is 14.8 Å². The van der Waals surface area contributed by atoms with Crippen molar-refractivity contribution in [3.05, 3.63) is 96.4 Å². The van der Waals surface area contributed by atoms with E-state index in [1.807, 2.05) is 30.3 Å². The summed E-state index contributed by atoms with van der Waals surface area (Å²) in [4.78, 5) is 29.1. The zero-order valence-electron chi connectivity index (χ0n) is 15.6. The maximum atomic E-state index is 12.8. The van der Waals surface area contributed by atoms with Crippen molar-refractivity contribution in [3.8, 4) is 11.3 Å². The van der Waals surface area contributed by atoms with Crippen LogP contribution in [0, 0.1) is 0 Å². The molecule has 4 aromatic rings. The molecule has 0 spiro atoms. The molecule has 0 fully saturated rings. The van der Waals surface area contributed by atoms with E-state index in [0.29, 0.717) is 27.6 Å². The quantitative estimate of drug-likeness (QED) is 0.435. The van der Waals surface area contributed by atoms with Crippen molar-refractivity contribution in [1.82, 2.24) is 4.98 Å². The Bertz CT molecular complexity index is 1190. The molecule has 7 heteroatoms. The van der Waals surface area contributed by atoms with Crippen molar-refractivity contribution in [2.75, 3.05) is 5.32 Å². The molecular weight excluding hydrogens is 400 g/mol. The van der Waals surface area contributed by atoms with Crippen LogP contribution in [0.15, 0.2) is 99.4 Å². The lowest BCUT2D eigenvalue weighted by Gasteiger charge is -2.09. The topological polar surface area (TPSA) is 92.4 Å². The monoisotopic (exact) mass is 416 g/mol. The van der Waals surface area contributed by atoms with E-state index >= 15 is 0 Å². The summed E-state index contributed by atoms with van der Waals surface area (Å²) >= 11 is 1.43. The van der Waals surface area contributed by atoms with E-state index in [4.69, 9.17) is 9.52 Å². The number of carboxylic acids is 1. The molecule has 4 rings (SSSR count). The number of amides is 1. The average Bonchev–Trinajstić information content (AvgIpc) is 3.26. The van der Waals surface area contributed by atoms with Crippen LogP contribution in [0.2, 0.25) is 0 Å². The molecule has 0 atom stereocenters. The number of hydrogen-bond acceptors (Lipinski definition) is 5. The second-order valence-electron chi connectivity index (χ2n) is 6.27. The molecule has 0 radical (unpaired) electrons. The Morgan fingerprint density at radius 1 is 0.900 bits per heavy atom. The van der Waals surface area contributed by atoms with Gasteiger partial charge in [0.1, 0.15) is 10.8 Å². The summed E-state index contributed by atoms with van der Waals surface area (Å²) in [7, 11) is 0. The summed E-state index contributed by atoms with van der Waals surface area (Å²) in [5, 5.41) is 12.5. The molecule has 2 N–H and O–H groups in total. The molecule has 2 aromatic carbocycles. The highest BCUT2D eigenvalue weighted by molar-refractivity contribution is 7.99. The molecule has 0 unspecified atom stereocenters. The minimum Gasteiger partial charge on any atom is -0.475 e. The summed E-state index contributed by atoms with van der Waals surface area (Å²) in [6, 6.07) is 23.2. The molecule has 0 aliphatic rings. The van der Waals surface area contributed by atoms with Crippen LogP contribution in [0.3, 0.4) is 0 Å². The third kappa shape index (κ3) is 4.42. The van der Waals surface area contributed by atoms with Crippen molar-refractivity contribution in [3.63, 3.8) is 0 Å². The number of anilines is 1. The van der Waals surface area contributed by atoms with Gasteiger partial charge in [-0.15, -0.1) is 0 Å². The maximum Gasteiger partial charge on any atom is 0.371 e. The first-order chi connectivity index (χ1) is 14.6. The summed E-state index contributed by atoms with van der Waals surface area (Å²) in [5.41, 5.74) is 1.79. The van der Waals surface area contributed by atoms with Gasteiger partial charge in [-0.25, -0.2) is 9.78 Å². The van der Waals surface area contributed by atoms with Crippen LogP contribution in [0.4, 0.5) is 5.69 Å². The number of carbonyl (C=O) groups is 2. The summed E-state index contributed by atoms with van der Waals surface area (Å²) < 4.78 is 5.30. The predicted molar refractivity (Wildman–Crippen MR) is 114 cm³/mol. The molecule has 2 aromatic heterocycles. The summed E-state index contributed by atoms with van der Waals surface area (Å²) in [6.45, 7) is 0. The third-order valence-electron chi connectivity index (χ3n) is 4.22. The second-order valence-corrected chi connectivity index (χ2v) is 7.33. The molecule has 30 heavy (non-hydrogen) atoms. The van der Waals surface area contributed by atoms with E-state index < -0.39 is 5.97 Å². The normalized spacial score (nSPS) is 10.5. The molecule has 0 saturated carbocycles. The van der Waals surface area contributed by atoms with E-state index in [0.717, 1.165) is 4.90 Å². The minimum absolute atomic E-state index is 0.123. The highest BCUT2D eigenvalue weighted by Crippen LogP contribution is 2.29. The van der Waals surface area contributed by atoms with Crippen LogP contribution in [-0.4, -0.2) is 22.0 Å². The largest absolute Gasteiger partial charge is 0.475 e. The Morgan fingerprint density at radius 2 is 1.67 bits per heavy atom. The molecule has 0 aliphatic heterocycles. The van der Waals surface area contributed by atoms with Gasteiger partial charge in [0.2, 0.25) is 5.76 Å². The number of rotatable bonds is 6. The molecule has 0 aliphatic carbocycles. The lowest BCUT2D eigenvalue weighted by molar-refractivity contribution is 0.0663. The number of nitrogens with zero attached hydrogens (tertiary/aromatic N) is 1. The van der Waals surface area contributed by atoms with Crippen LogP contribution >= 0.6 is 11.8 Å². The number of aromatic nitrogens is 1. The molecule has 2 heterocycles. The lowest BCUT2D eigenvalue weighted by Crippen LogP contribution is -2.13. The van der Waals surface area contributed by atoms with Crippen molar-refractivity contribution < 1.29 is 19.1 Å². The fourth-order valence-corrected chi connectivity index (χ4v) is 3.67. The third-order valence-corrected chi connectivity index (χ3v) is 5.24. The Kier molecular flexibility index (Phi) is 5.63. The van der Waals surface area contributed by atoms with Gasteiger partial charge in [0.25, 0.3) is 5.91 Å². The molecule has 148 valence electrons. The number of aromatic carboxylic acids is 1. The highest BCUT2D eigenvalue weighted by Gasteiger charge is 2.14. The smallest absolute Gasteiger partial charge is 0.371 e. The van der Waals surface area contributed by atoms with Gasteiger partial charge in [-0.2, -0.15) is 0 Å². The van der Waals surface area contributed by atoms with Gasteiger partial charge in [0.05, 0.1) is 5.56 Å². The van der Waals surface area contributed by atoms with Crippen molar-refractivity contribution in [2.24, 2.45) is 0 Å². The number of benzene rings is 2. The second kappa shape index (κ2) is 8.67. The number of hydrogen-bond donors (Lipinski definition) is 2. The standard InChI is InChI=1S/C23H16N2O4S/c26-21(18-7-4-14-24-22(18)30-17-5-2-1-3-6-17)25-16-10-8-15(9-11-16)19-12-13-20(29-19)23(27)28/h1-14H,(H,25,26)(H,27,28). The van der Waals surface area contributed by atoms with Crippen molar-refractivity contribution >= 4 is 29.3 Å². The van der Waals surface area contributed by atoms with Crippen LogP contribution in [0.5, 0.6) is 0 Å².